The number of thioether (sulfide) groups is 1. The van der Waals surface area contributed by atoms with E-state index in [9.17, 15) is 4.39 Å². The van der Waals surface area contributed by atoms with Crippen molar-refractivity contribution in [1.29, 1.82) is 0 Å². The van der Waals surface area contributed by atoms with Crippen LogP contribution in [-0.4, -0.2) is 17.5 Å². The molecule has 82 valence electrons. The number of aryl methyl sites for hydroxylation is 1. The van der Waals surface area contributed by atoms with Crippen LogP contribution in [0.4, 0.5) is 10.1 Å². The van der Waals surface area contributed by atoms with E-state index in [4.69, 9.17) is 0 Å². The minimum atomic E-state index is -0.134. The molecule has 1 unspecified atom stereocenters. The van der Waals surface area contributed by atoms with Gasteiger partial charge in [0.25, 0.3) is 0 Å². The first kappa shape index (κ1) is 10.8. The van der Waals surface area contributed by atoms with E-state index in [2.05, 4.69) is 5.32 Å². The fourth-order valence-corrected chi connectivity index (χ4v) is 2.95. The van der Waals surface area contributed by atoms with Crippen molar-refractivity contribution < 1.29 is 4.39 Å². The Balaban J connectivity index is 2.09. The van der Waals surface area contributed by atoms with Gasteiger partial charge in [0.2, 0.25) is 0 Å². The average Bonchev–Trinajstić information content (AvgIpc) is 2.25. The lowest BCUT2D eigenvalue weighted by atomic mass is 10.1. The van der Waals surface area contributed by atoms with Gasteiger partial charge in [-0.2, -0.15) is 11.8 Å². The molecular formula is C12H16FNS. The van der Waals surface area contributed by atoms with Crippen molar-refractivity contribution in [3.05, 3.63) is 29.6 Å². The molecule has 0 aliphatic carbocycles. The van der Waals surface area contributed by atoms with Gasteiger partial charge in [0.15, 0.2) is 0 Å². The highest BCUT2D eigenvalue weighted by molar-refractivity contribution is 7.99. The molecular weight excluding hydrogens is 209 g/mol. The van der Waals surface area contributed by atoms with Crippen molar-refractivity contribution in [3.63, 3.8) is 0 Å². The van der Waals surface area contributed by atoms with Gasteiger partial charge in [-0.25, -0.2) is 4.39 Å². The number of para-hydroxylation sites is 1. The van der Waals surface area contributed by atoms with Gasteiger partial charge < -0.3 is 5.32 Å². The standard InChI is InChI=1S/C12H16FNS/c1-9-4-2-6-11(13)12(9)14-10-5-3-7-15-8-10/h2,4,6,10,14H,3,5,7-8H2,1H3. The minimum absolute atomic E-state index is 0.134. The van der Waals surface area contributed by atoms with E-state index in [1.807, 2.05) is 24.8 Å². The molecule has 0 aromatic heterocycles. The SMILES string of the molecule is Cc1cccc(F)c1NC1CCCSC1. The normalized spacial score (nSPS) is 21.3. The first-order valence-corrected chi connectivity index (χ1v) is 6.52. The van der Waals surface area contributed by atoms with Crippen LogP contribution in [0, 0.1) is 12.7 Å². The third-order valence-corrected chi connectivity index (χ3v) is 3.95. The van der Waals surface area contributed by atoms with Crippen LogP contribution in [0.2, 0.25) is 0 Å². The number of benzene rings is 1. The summed E-state index contributed by atoms with van der Waals surface area (Å²) in [4.78, 5) is 0. The average molecular weight is 225 g/mol. The number of rotatable bonds is 2. The Bertz CT molecular complexity index is 314. The molecule has 1 atom stereocenters. The molecule has 1 heterocycles. The maximum absolute atomic E-state index is 13.5. The highest BCUT2D eigenvalue weighted by atomic mass is 32.2. The molecule has 0 bridgehead atoms. The molecule has 1 aromatic rings. The number of nitrogens with one attached hydrogen (secondary N) is 1. The van der Waals surface area contributed by atoms with Crippen LogP contribution in [0.1, 0.15) is 18.4 Å². The van der Waals surface area contributed by atoms with E-state index in [0.29, 0.717) is 11.7 Å². The molecule has 1 aliphatic rings. The molecule has 3 heteroatoms. The molecule has 1 N–H and O–H groups in total. The Morgan fingerprint density at radius 3 is 3.00 bits per heavy atom. The van der Waals surface area contributed by atoms with Crippen molar-refractivity contribution in [3.8, 4) is 0 Å². The highest BCUT2D eigenvalue weighted by Crippen LogP contribution is 2.24. The van der Waals surface area contributed by atoms with Gasteiger partial charge in [0, 0.05) is 11.8 Å². The second-order valence-electron chi connectivity index (χ2n) is 3.99. The maximum Gasteiger partial charge on any atom is 0.146 e. The van der Waals surface area contributed by atoms with Crippen LogP contribution in [0.25, 0.3) is 0 Å². The first-order valence-electron chi connectivity index (χ1n) is 5.37. The van der Waals surface area contributed by atoms with Crippen LogP contribution in [0.5, 0.6) is 0 Å². The number of hydrogen-bond acceptors (Lipinski definition) is 2. The Labute approximate surface area is 94.5 Å². The number of anilines is 1. The van der Waals surface area contributed by atoms with Crippen molar-refractivity contribution in [1.82, 2.24) is 0 Å². The summed E-state index contributed by atoms with van der Waals surface area (Å²) in [5.74, 6) is 2.20. The molecule has 0 saturated carbocycles. The Hall–Kier alpha value is -0.700. The van der Waals surface area contributed by atoms with E-state index in [0.717, 1.165) is 17.7 Å². The van der Waals surface area contributed by atoms with Crippen molar-refractivity contribution in [2.24, 2.45) is 0 Å². The predicted octanol–water partition coefficient (Wildman–Crippen LogP) is 3.44. The van der Waals surface area contributed by atoms with Crippen LogP contribution in [0.15, 0.2) is 18.2 Å². The van der Waals surface area contributed by atoms with Crippen LogP contribution >= 0.6 is 11.8 Å². The third-order valence-electron chi connectivity index (χ3n) is 2.73. The van der Waals surface area contributed by atoms with Gasteiger partial charge in [-0.1, -0.05) is 12.1 Å². The lowest BCUT2D eigenvalue weighted by molar-refractivity contribution is 0.618. The third kappa shape index (κ3) is 2.65. The summed E-state index contributed by atoms with van der Waals surface area (Å²) >= 11 is 1.95. The predicted molar refractivity (Wildman–Crippen MR) is 65.1 cm³/mol. The number of hydrogen-bond donors (Lipinski definition) is 1. The smallest absolute Gasteiger partial charge is 0.146 e. The second-order valence-corrected chi connectivity index (χ2v) is 5.14. The summed E-state index contributed by atoms with van der Waals surface area (Å²) in [6.07, 6.45) is 2.39. The Morgan fingerprint density at radius 1 is 1.47 bits per heavy atom. The molecule has 1 aromatic carbocycles. The summed E-state index contributed by atoms with van der Waals surface area (Å²) in [6.45, 7) is 1.95. The van der Waals surface area contributed by atoms with E-state index in [1.165, 1.54) is 18.2 Å². The Morgan fingerprint density at radius 2 is 2.33 bits per heavy atom. The largest absolute Gasteiger partial charge is 0.379 e. The van der Waals surface area contributed by atoms with E-state index < -0.39 is 0 Å². The topological polar surface area (TPSA) is 12.0 Å². The zero-order valence-corrected chi connectivity index (χ0v) is 9.74. The summed E-state index contributed by atoms with van der Waals surface area (Å²) in [5.41, 5.74) is 1.68. The van der Waals surface area contributed by atoms with Gasteiger partial charge in [0.1, 0.15) is 5.82 Å². The summed E-state index contributed by atoms with van der Waals surface area (Å²) in [7, 11) is 0. The van der Waals surface area contributed by atoms with Gasteiger partial charge in [-0.05, 0) is 37.1 Å². The first-order chi connectivity index (χ1) is 7.27. The van der Waals surface area contributed by atoms with Gasteiger partial charge in [-0.3, -0.25) is 0 Å². The molecule has 0 amide bonds. The van der Waals surface area contributed by atoms with Crippen LogP contribution in [-0.2, 0) is 0 Å². The van der Waals surface area contributed by atoms with Crippen molar-refractivity contribution >= 4 is 17.4 Å². The summed E-state index contributed by atoms with van der Waals surface area (Å²) < 4.78 is 13.5. The summed E-state index contributed by atoms with van der Waals surface area (Å²) in [5, 5.41) is 3.32. The molecule has 1 aliphatic heterocycles. The molecule has 1 nitrogen and oxygen atoms in total. The van der Waals surface area contributed by atoms with Gasteiger partial charge >= 0.3 is 0 Å². The van der Waals surface area contributed by atoms with Crippen LogP contribution < -0.4 is 5.32 Å². The lowest BCUT2D eigenvalue weighted by Crippen LogP contribution is -2.26. The van der Waals surface area contributed by atoms with E-state index >= 15 is 0 Å². The Kier molecular flexibility index (Phi) is 3.52. The molecule has 2 rings (SSSR count). The lowest BCUT2D eigenvalue weighted by Gasteiger charge is -2.24. The maximum atomic E-state index is 13.5. The monoisotopic (exact) mass is 225 g/mol. The molecule has 1 fully saturated rings. The molecule has 0 spiro atoms. The van der Waals surface area contributed by atoms with Gasteiger partial charge in [-0.15, -0.1) is 0 Å². The van der Waals surface area contributed by atoms with Crippen molar-refractivity contribution in [2.45, 2.75) is 25.8 Å². The second kappa shape index (κ2) is 4.88. The van der Waals surface area contributed by atoms with Gasteiger partial charge in [0.05, 0.1) is 5.69 Å². The molecule has 1 saturated heterocycles. The highest BCUT2D eigenvalue weighted by Gasteiger charge is 2.15. The molecule has 15 heavy (non-hydrogen) atoms. The fraction of sp³-hybridized carbons (Fsp3) is 0.500. The quantitative estimate of drug-likeness (QED) is 0.827. The zero-order valence-electron chi connectivity index (χ0n) is 8.92. The fourth-order valence-electron chi connectivity index (χ4n) is 1.87. The summed E-state index contributed by atoms with van der Waals surface area (Å²) in [6, 6.07) is 5.65. The zero-order chi connectivity index (χ0) is 10.7. The molecule has 0 radical (unpaired) electrons. The van der Waals surface area contributed by atoms with E-state index in [-0.39, 0.29) is 5.82 Å². The number of halogens is 1. The van der Waals surface area contributed by atoms with Crippen molar-refractivity contribution in [2.75, 3.05) is 16.8 Å². The van der Waals surface area contributed by atoms with Crippen LogP contribution in [0.3, 0.4) is 0 Å². The van der Waals surface area contributed by atoms with E-state index in [1.54, 1.807) is 6.07 Å². The minimum Gasteiger partial charge on any atom is -0.379 e.